The summed E-state index contributed by atoms with van der Waals surface area (Å²) in [6.45, 7) is 4.96. The van der Waals surface area contributed by atoms with Crippen molar-refractivity contribution in [2.75, 3.05) is 10.6 Å². The third-order valence-corrected chi connectivity index (χ3v) is 7.58. The second kappa shape index (κ2) is 13.9. The van der Waals surface area contributed by atoms with Crippen molar-refractivity contribution < 1.29 is 95.0 Å². The first-order valence-electron chi connectivity index (χ1n) is 11.5. The topological polar surface area (TPSA) is 200 Å². The minimum Gasteiger partial charge on any atom is -0.744 e. The molecule has 42 heavy (non-hydrogen) atoms. The molecule has 1 amide bonds. The number of nitrogens with one attached hydrogen (secondary N) is 2. The number of rotatable bonds is 7. The van der Waals surface area contributed by atoms with Gasteiger partial charge in [0.2, 0.25) is 5.91 Å². The number of benzene rings is 4. The van der Waals surface area contributed by atoms with E-state index < -0.39 is 47.4 Å². The maximum atomic E-state index is 11.9. The van der Waals surface area contributed by atoms with Crippen LogP contribution in [0.1, 0.15) is 18.1 Å². The number of aromatic hydroxyl groups is 1. The molecule has 4 aromatic carbocycles. The Kier molecular flexibility index (Phi) is 11.9. The number of amides is 1. The second-order valence-electron chi connectivity index (χ2n) is 8.87. The van der Waals surface area contributed by atoms with E-state index >= 15 is 0 Å². The predicted octanol–water partition coefficient (Wildman–Crippen LogP) is -0.904. The van der Waals surface area contributed by atoms with Crippen LogP contribution >= 0.6 is 0 Å². The van der Waals surface area contributed by atoms with Crippen LogP contribution < -0.4 is 69.7 Å². The van der Waals surface area contributed by atoms with Gasteiger partial charge in [-0.3, -0.25) is 4.79 Å². The summed E-state index contributed by atoms with van der Waals surface area (Å²) in [5.41, 5.74) is 2.42. The molecule has 0 radical (unpaired) electrons. The van der Waals surface area contributed by atoms with E-state index in [0.29, 0.717) is 5.69 Å². The molecule has 3 N–H and O–H groups in total. The summed E-state index contributed by atoms with van der Waals surface area (Å²) in [6.07, 6.45) is 0. The van der Waals surface area contributed by atoms with E-state index in [0.717, 1.165) is 35.4 Å². The van der Waals surface area contributed by atoms with Gasteiger partial charge in [-0.15, -0.1) is 10.2 Å². The number of hydrogen-bond donors (Lipinski definition) is 3. The molecule has 0 aromatic heterocycles. The molecule has 0 aliphatic heterocycles. The minimum absolute atomic E-state index is 0. The van der Waals surface area contributed by atoms with Crippen LogP contribution in [-0.2, 0) is 25.0 Å². The third-order valence-electron chi connectivity index (χ3n) is 5.88. The van der Waals surface area contributed by atoms with Crippen molar-refractivity contribution in [3.8, 4) is 5.75 Å². The molecule has 0 saturated heterocycles. The molecule has 0 aliphatic rings. The monoisotopic (exact) mass is 628 g/mol. The second-order valence-corrected chi connectivity index (χ2v) is 11.6. The summed E-state index contributed by atoms with van der Waals surface area (Å²) in [5, 5.41) is 24.7. The number of phenols is 1. The van der Waals surface area contributed by atoms with Gasteiger partial charge >= 0.3 is 59.1 Å². The minimum atomic E-state index is -5.01. The number of hydrogen-bond acceptors (Lipinski definition) is 11. The molecule has 0 heterocycles. The molecule has 0 spiro atoms. The fraction of sp³-hybridized carbons (Fsp3) is 0.115. The zero-order chi connectivity index (χ0) is 29.4. The van der Waals surface area contributed by atoms with Crippen LogP contribution in [0.15, 0.2) is 80.7 Å². The SMILES string of the molecule is CC(=O)Nc1ccc(S(=O)(=O)[O-])c(N=Nc2c(Nc3c(C)cccc3C)ccc3cc(S(=O)(=O)[O-])cc(O)c23)c1.[Na+].[Na+]. The summed E-state index contributed by atoms with van der Waals surface area (Å²) in [5.74, 6) is -1.06. The number of anilines is 3. The van der Waals surface area contributed by atoms with E-state index in [1.54, 1.807) is 0 Å². The van der Waals surface area contributed by atoms with E-state index in [1.807, 2.05) is 32.0 Å². The van der Waals surface area contributed by atoms with E-state index in [2.05, 4.69) is 20.9 Å². The molecule has 0 aliphatic carbocycles. The van der Waals surface area contributed by atoms with E-state index in [9.17, 15) is 35.8 Å². The van der Waals surface area contributed by atoms with Crippen LogP contribution in [0.3, 0.4) is 0 Å². The Morgan fingerprint density at radius 1 is 0.857 bits per heavy atom. The molecule has 0 unspecified atom stereocenters. The Balaban J connectivity index is 0.00000308. The number of carbonyl (C=O) groups is 1. The normalized spacial score (nSPS) is 11.5. The van der Waals surface area contributed by atoms with Crippen LogP contribution in [0.2, 0.25) is 0 Å². The summed E-state index contributed by atoms with van der Waals surface area (Å²) >= 11 is 0. The van der Waals surface area contributed by atoms with Crippen molar-refractivity contribution in [2.45, 2.75) is 30.6 Å². The van der Waals surface area contributed by atoms with Gasteiger partial charge in [0.1, 0.15) is 37.4 Å². The summed E-state index contributed by atoms with van der Waals surface area (Å²) in [4.78, 5) is 10.1. The average molecular weight is 629 g/mol. The average Bonchev–Trinajstić information content (AvgIpc) is 2.83. The van der Waals surface area contributed by atoms with Crippen LogP contribution in [0, 0.1) is 13.8 Å². The van der Waals surface area contributed by atoms with Crippen molar-refractivity contribution in [1.29, 1.82) is 0 Å². The van der Waals surface area contributed by atoms with Crippen molar-refractivity contribution in [1.82, 2.24) is 0 Å². The zero-order valence-corrected chi connectivity index (χ0v) is 28.9. The Hall–Kier alpha value is -2.37. The van der Waals surface area contributed by atoms with Gasteiger partial charge < -0.3 is 24.8 Å². The smallest absolute Gasteiger partial charge is 0.744 e. The quantitative estimate of drug-likeness (QED) is 0.132. The first-order valence-corrected chi connectivity index (χ1v) is 14.3. The molecule has 4 aromatic rings. The molecular weight excluding hydrogens is 606 g/mol. The number of nitrogens with zero attached hydrogens (tertiary/aromatic N) is 2. The van der Waals surface area contributed by atoms with Crippen molar-refractivity contribution in [3.63, 3.8) is 0 Å². The van der Waals surface area contributed by atoms with E-state index in [4.69, 9.17) is 0 Å². The largest absolute Gasteiger partial charge is 1.00 e. The predicted molar refractivity (Wildman–Crippen MR) is 146 cm³/mol. The standard InChI is InChI=1S/C26H24N4O8S2.2Na/c1-14-5-4-6-15(2)25(14)28-20-9-7-17-11-19(39(33,34)35)13-22(32)24(17)26(20)30-29-21-12-18(27-16(3)31)8-10-23(21)40(36,37)38;;/h4-13,28,32H,1-3H3,(H,27,31)(H,33,34,35)(H,36,37,38);;/q;2*+1/p-2. The van der Waals surface area contributed by atoms with Crippen LogP contribution in [0.5, 0.6) is 5.75 Å². The van der Waals surface area contributed by atoms with Gasteiger partial charge in [0.05, 0.1) is 20.9 Å². The van der Waals surface area contributed by atoms with Gasteiger partial charge in [0.25, 0.3) is 0 Å². The van der Waals surface area contributed by atoms with Crippen LogP contribution in [0.25, 0.3) is 10.8 Å². The zero-order valence-electron chi connectivity index (χ0n) is 23.3. The number of aryl methyl sites for hydroxylation is 2. The van der Waals surface area contributed by atoms with Crippen LogP contribution in [-0.4, -0.2) is 37.0 Å². The van der Waals surface area contributed by atoms with Gasteiger partial charge in [-0.2, -0.15) is 0 Å². The van der Waals surface area contributed by atoms with Crippen molar-refractivity contribution >= 4 is 65.4 Å². The number of azo groups is 1. The maximum Gasteiger partial charge on any atom is 1.00 e. The van der Waals surface area contributed by atoms with Crippen molar-refractivity contribution in [2.24, 2.45) is 10.2 Å². The molecule has 12 nitrogen and oxygen atoms in total. The fourth-order valence-electron chi connectivity index (χ4n) is 4.09. The van der Waals surface area contributed by atoms with Gasteiger partial charge in [-0.1, -0.05) is 24.3 Å². The summed E-state index contributed by atoms with van der Waals surface area (Å²) in [6, 6.07) is 13.7. The molecule has 0 bridgehead atoms. The van der Waals surface area contributed by atoms with Gasteiger partial charge in [0, 0.05) is 18.3 Å². The Labute approximate surface area is 286 Å². The Morgan fingerprint density at radius 2 is 1.50 bits per heavy atom. The molecule has 4 rings (SSSR count). The van der Waals surface area contributed by atoms with Gasteiger partial charge in [0.15, 0.2) is 0 Å². The summed E-state index contributed by atoms with van der Waals surface area (Å²) in [7, 11) is -9.92. The number of phenolic OH excluding ortho intramolecular Hbond substituents is 1. The molecule has 208 valence electrons. The first-order chi connectivity index (χ1) is 18.6. The number of carbonyl (C=O) groups excluding carboxylic acids is 1. The fourth-order valence-corrected chi connectivity index (χ4v) is 5.20. The van der Waals surface area contributed by atoms with E-state index in [-0.39, 0.29) is 86.9 Å². The number of para-hydroxylation sites is 1. The third kappa shape index (κ3) is 8.17. The molecule has 0 atom stereocenters. The van der Waals surface area contributed by atoms with Crippen molar-refractivity contribution in [3.05, 3.63) is 71.8 Å². The molecular formula is C26H22N4Na2O8S2. The Morgan fingerprint density at radius 3 is 2.07 bits per heavy atom. The molecule has 16 heteroatoms. The van der Waals surface area contributed by atoms with Crippen LogP contribution in [0.4, 0.5) is 28.4 Å². The first kappa shape index (κ1) is 35.8. The summed E-state index contributed by atoms with van der Waals surface area (Å²) < 4.78 is 70.5. The Bertz CT molecular complexity index is 1910. The van der Waals surface area contributed by atoms with Gasteiger partial charge in [-0.25, -0.2) is 16.8 Å². The van der Waals surface area contributed by atoms with E-state index in [1.165, 1.54) is 25.1 Å². The molecule has 0 saturated carbocycles. The molecule has 0 fully saturated rings. The maximum absolute atomic E-state index is 11.9. The number of fused-ring (bicyclic) bond motifs is 1. The van der Waals surface area contributed by atoms with Gasteiger partial charge in [-0.05, 0) is 66.8 Å².